The molecule has 0 radical (unpaired) electrons. The average Bonchev–Trinajstić information content (AvgIpc) is 2.86. The fourth-order valence-electron chi connectivity index (χ4n) is 2.53. The van der Waals surface area contributed by atoms with E-state index in [1.807, 2.05) is 19.1 Å². The first kappa shape index (κ1) is 14.0. The number of amides is 1. The molecular formula is C14H21N3O2. The predicted octanol–water partition coefficient (Wildman–Crippen LogP) is 0.888. The zero-order valence-electron chi connectivity index (χ0n) is 11.5. The van der Waals surface area contributed by atoms with Gasteiger partial charge in [0.15, 0.2) is 0 Å². The average molecular weight is 263 g/mol. The molecule has 0 aromatic carbocycles. The van der Waals surface area contributed by atoms with Crippen molar-refractivity contribution in [2.45, 2.75) is 25.3 Å². The minimum Gasteiger partial charge on any atom is -0.383 e. The van der Waals surface area contributed by atoms with Gasteiger partial charge in [-0.1, -0.05) is 6.07 Å². The van der Waals surface area contributed by atoms with Crippen LogP contribution in [0.25, 0.3) is 0 Å². The first-order chi connectivity index (χ1) is 9.17. The SMILES string of the molecule is COCC1(CNC(=O)c2ncccc2C)CCCN1. The summed E-state index contributed by atoms with van der Waals surface area (Å²) < 4.78 is 5.26. The molecule has 1 amide bonds. The van der Waals surface area contributed by atoms with E-state index in [9.17, 15) is 4.79 Å². The fourth-order valence-corrected chi connectivity index (χ4v) is 2.53. The second-order valence-corrected chi connectivity index (χ2v) is 5.10. The van der Waals surface area contributed by atoms with Gasteiger partial charge in [0.05, 0.1) is 12.1 Å². The lowest BCUT2D eigenvalue weighted by Gasteiger charge is -2.28. The molecule has 1 atom stereocenters. The van der Waals surface area contributed by atoms with Crippen LogP contribution in [0.2, 0.25) is 0 Å². The second-order valence-electron chi connectivity index (χ2n) is 5.10. The molecule has 19 heavy (non-hydrogen) atoms. The van der Waals surface area contributed by atoms with Gasteiger partial charge in [-0.05, 0) is 37.9 Å². The van der Waals surface area contributed by atoms with Crippen molar-refractivity contribution in [2.75, 3.05) is 26.8 Å². The van der Waals surface area contributed by atoms with Crippen molar-refractivity contribution in [2.24, 2.45) is 0 Å². The van der Waals surface area contributed by atoms with Crippen LogP contribution in [0.1, 0.15) is 28.9 Å². The van der Waals surface area contributed by atoms with Crippen molar-refractivity contribution in [1.29, 1.82) is 0 Å². The van der Waals surface area contributed by atoms with Gasteiger partial charge in [0.1, 0.15) is 5.69 Å². The monoisotopic (exact) mass is 263 g/mol. The summed E-state index contributed by atoms with van der Waals surface area (Å²) in [4.78, 5) is 16.3. The van der Waals surface area contributed by atoms with Crippen molar-refractivity contribution in [3.8, 4) is 0 Å². The molecule has 1 aliphatic rings. The van der Waals surface area contributed by atoms with E-state index in [1.165, 1.54) is 0 Å². The van der Waals surface area contributed by atoms with Crippen LogP contribution >= 0.6 is 0 Å². The molecule has 1 aromatic rings. The number of carbonyl (C=O) groups excluding carboxylic acids is 1. The van der Waals surface area contributed by atoms with E-state index >= 15 is 0 Å². The number of nitrogens with one attached hydrogen (secondary N) is 2. The molecule has 2 heterocycles. The van der Waals surface area contributed by atoms with E-state index in [4.69, 9.17) is 4.74 Å². The highest BCUT2D eigenvalue weighted by atomic mass is 16.5. The number of carbonyl (C=O) groups is 1. The highest BCUT2D eigenvalue weighted by Gasteiger charge is 2.33. The van der Waals surface area contributed by atoms with Gasteiger partial charge in [-0.3, -0.25) is 9.78 Å². The van der Waals surface area contributed by atoms with Gasteiger partial charge in [-0.2, -0.15) is 0 Å². The first-order valence-corrected chi connectivity index (χ1v) is 6.61. The van der Waals surface area contributed by atoms with Gasteiger partial charge in [0.25, 0.3) is 5.91 Å². The quantitative estimate of drug-likeness (QED) is 0.828. The molecule has 1 aromatic heterocycles. The van der Waals surface area contributed by atoms with E-state index in [1.54, 1.807) is 13.3 Å². The van der Waals surface area contributed by atoms with Gasteiger partial charge in [-0.25, -0.2) is 0 Å². The summed E-state index contributed by atoms with van der Waals surface area (Å²) in [5.74, 6) is -0.123. The number of ether oxygens (including phenoxy) is 1. The Morgan fingerprint density at radius 3 is 3.11 bits per heavy atom. The maximum Gasteiger partial charge on any atom is 0.270 e. The third kappa shape index (κ3) is 3.30. The fraction of sp³-hybridized carbons (Fsp3) is 0.571. The van der Waals surface area contributed by atoms with Crippen LogP contribution in [0.15, 0.2) is 18.3 Å². The summed E-state index contributed by atoms with van der Waals surface area (Å²) in [5, 5.41) is 6.40. The van der Waals surface area contributed by atoms with Gasteiger partial charge in [0, 0.05) is 19.9 Å². The molecule has 1 aliphatic heterocycles. The molecular weight excluding hydrogens is 242 g/mol. The summed E-state index contributed by atoms with van der Waals surface area (Å²) in [5.41, 5.74) is 1.25. The van der Waals surface area contributed by atoms with Gasteiger partial charge < -0.3 is 15.4 Å². The summed E-state index contributed by atoms with van der Waals surface area (Å²) in [6.45, 7) is 4.03. The van der Waals surface area contributed by atoms with Crippen LogP contribution in [0.5, 0.6) is 0 Å². The molecule has 2 rings (SSSR count). The first-order valence-electron chi connectivity index (χ1n) is 6.61. The molecule has 104 valence electrons. The minimum atomic E-state index is -0.132. The molecule has 0 bridgehead atoms. The van der Waals surface area contributed by atoms with Gasteiger partial charge in [0.2, 0.25) is 0 Å². The second kappa shape index (κ2) is 6.12. The Morgan fingerprint density at radius 2 is 2.47 bits per heavy atom. The zero-order chi connectivity index (χ0) is 13.7. The summed E-state index contributed by atoms with van der Waals surface area (Å²) in [6.07, 6.45) is 3.77. The Hall–Kier alpha value is -1.46. The normalized spacial score (nSPS) is 22.4. The molecule has 5 nitrogen and oxygen atoms in total. The van der Waals surface area contributed by atoms with Crippen molar-refractivity contribution < 1.29 is 9.53 Å². The third-order valence-electron chi connectivity index (χ3n) is 3.56. The van der Waals surface area contributed by atoms with Crippen molar-refractivity contribution in [3.63, 3.8) is 0 Å². The number of hydrogen-bond donors (Lipinski definition) is 2. The van der Waals surface area contributed by atoms with E-state index in [2.05, 4.69) is 15.6 Å². The number of aryl methyl sites for hydroxylation is 1. The lowest BCUT2D eigenvalue weighted by Crippen LogP contribution is -2.53. The smallest absolute Gasteiger partial charge is 0.270 e. The third-order valence-corrected chi connectivity index (χ3v) is 3.56. The highest BCUT2D eigenvalue weighted by molar-refractivity contribution is 5.93. The molecule has 0 aliphatic carbocycles. The number of rotatable bonds is 5. The molecule has 5 heteroatoms. The number of hydrogen-bond acceptors (Lipinski definition) is 4. The van der Waals surface area contributed by atoms with Gasteiger partial charge in [-0.15, -0.1) is 0 Å². The highest BCUT2D eigenvalue weighted by Crippen LogP contribution is 2.19. The van der Waals surface area contributed by atoms with Crippen molar-refractivity contribution in [1.82, 2.24) is 15.6 Å². The van der Waals surface area contributed by atoms with Gasteiger partial charge >= 0.3 is 0 Å². The maximum atomic E-state index is 12.1. The molecule has 0 saturated carbocycles. The Balaban J connectivity index is 1.98. The Labute approximate surface area is 113 Å². The summed E-state index contributed by atoms with van der Waals surface area (Å²) in [7, 11) is 1.69. The van der Waals surface area contributed by atoms with E-state index in [0.29, 0.717) is 18.8 Å². The number of nitrogens with zero attached hydrogens (tertiary/aromatic N) is 1. The summed E-state index contributed by atoms with van der Waals surface area (Å²) >= 11 is 0. The maximum absolute atomic E-state index is 12.1. The Bertz CT molecular complexity index is 442. The van der Waals surface area contributed by atoms with Crippen LogP contribution in [0, 0.1) is 6.92 Å². The van der Waals surface area contributed by atoms with E-state index in [-0.39, 0.29) is 11.4 Å². The molecule has 1 saturated heterocycles. The Kier molecular flexibility index (Phi) is 4.50. The molecule has 0 spiro atoms. The van der Waals surface area contributed by atoms with E-state index < -0.39 is 0 Å². The topological polar surface area (TPSA) is 63.2 Å². The standard InChI is InChI=1S/C14H21N3O2/c1-11-5-3-7-15-12(11)13(18)16-9-14(10-19-2)6-4-8-17-14/h3,5,7,17H,4,6,8-10H2,1-2H3,(H,16,18). The van der Waals surface area contributed by atoms with Crippen molar-refractivity contribution in [3.05, 3.63) is 29.6 Å². The number of pyridine rings is 1. The predicted molar refractivity (Wildman–Crippen MR) is 73.2 cm³/mol. The Morgan fingerprint density at radius 1 is 1.63 bits per heavy atom. The zero-order valence-corrected chi connectivity index (χ0v) is 11.5. The lowest BCUT2D eigenvalue weighted by molar-refractivity contribution is 0.0887. The van der Waals surface area contributed by atoms with Crippen LogP contribution in [0.4, 0.5) is 0 Å². The lowest BCUT2D eigenvalue weighted by atomic mass is 9.98. The minimum absolute atomic E-state index is 0.123. The van der Waals surface area contributed by atoms with Crippen LogP contribution in [-0.2, 0) is 4.74 Å². The largest absolute Gasteiger partial charge is 0.383 e. The molecule has 1 unspecified atom stereocenters. The number of aromatic nitrogens is 1. The van der Waals surface area contributed by atoms with Crippen molar-refractivity contribution >= 4 is 5.91 Å². The summed E-state index contributed by atoms with van der Waals surface area (Å²) in [6, 6.07) is 3.72. The van der Waals surface area contributed by atoms with Crippen LogP contribution < -0.4 is 10.6 Å². The number of methoxy groups -OCH3 is 1. The van der Waals surface area contributed by atoms with Crippen LogP contribution in [0.3, 0.4) is 0 Å². The van der Waals surface area contributed by atoms with E-state index in [0.717, 1.165) is 24.9 Å². The van der Waals surface area contributed by atoms with Crippen LogP contribution in [-0.4, -0.2) is 43.2 Å². The molecule has 1 fully saturated rings. The molecule has 2 N–H and O–H groups in total.